The van der Waals surface area contributed by atoms with Gasteiger partial charge in [-0.15, -0.1) is 12.4 Å². The molecule has 3 aromatic rings. The van der Waals surface area contributed by atoms with E-state index in [4.69, 9.17) is 14.2 Å². The normalized spacial score (nSPS) is 12.0. The van der Waals surface area contributed by atoms with Crippen LogP contribution in [-0.4, -0.2) is 55.8 Å². The van der Waals surface area contributed by atoms with Crippen LogP contribution < -0.4 is 20.7 Å². The second kappa shape index (κ2) is 17.8. The van der Waals surface area contributed by atoms with E-state index in [2.05, 4.69) is 22.9 Å². The Bertz CT molecular complexity index is 1120. The summed E-state index contributed by atoms with van der Waals surface area (Å²) in [6.45, 7) is 6.75. The Morgan fingerprint density at radius 1 is 0.780 bits per heavy atom. The highest BCUT2D eigenvalue weighted by Gasteiger charge is 2.19. The van der Waals surface area contributed by atoms with Crippen molar-refractivity contribution in [3.63, 3.8) is 0 Å². The van der Waals surface area contributed by atoms with Crippen molar-refractivity contribution in [1.82, 2.24) is 5.32 Å². The van der Waals surface area contributed by atoms with Crippen LogP contribution in [0.15, 0.2) is 78.9 Å². The van der Waals surface area contributed by atoms with E-state index in [0.29, 0.717) is 31.1 Å². The summed E-state index contributed by atoms with van der Waals surface area (Å²) in [6, 6.07) is 24.8. The zero-order valence-corrected chi connectivity index (χ0v) is 24.5. The molecule has 0 bridgehead atoms. The van der Waals surface area contributed by atoms with E-state index >= 15 is 0 Å². The van der Waals surface area contributed by atoms with Crippen molar-refractivity contribution < 1.29 is 28.9 Å². The van der Waals surface area contributed by atoms with Crippen molar-refractivity contribution in [2.75, 3.05) is 37.0 Å². The van der Waals surface area contributed by atoms with Crippen molar-refractivity contribution in [2.45, 2.75) is 45.3 Å². The molecular formula is C31H40ClN3O6. The number of ether oxygens (including phenoxy) is 3. The molecule has 0 saturated heterocycles. The number of benzene rings is 3. The van der Waals surface area contributed by atoms with Crippen molar-refractivity contribution in [3.05, 3.63) is 90.0 Å². The number of carbonyl (C=O) groups excluding carboxylic acids is 2. The molecule has 0 aliphatic carbocycles. The number of hydrogen-bond donors (Lipinski definition) is 4. The molecule has 0 aliphatic heterocycles. The minimum Gasteiger partial charge on any atom is -0.491 e. The van der Waals surface area contributed by atoms with Crippen LogP contribution in [0.2, 0.25) is 0 Å². The van der Waals surface area contributed by atoms with Gasteiger partial charge < -0.3 is 24.6 Å². The van der Waals surface area contributed by atoms with Crippen LogP contribution in [0.25, 0.3) is 0 Å². The quantitative estimate of drug-likeness (QED) is 0.178. The molecule has 2 atom stereocenters. The molecule has 1 unspecified atom stereocenters. The second-order valence-corrected chi connectivity index (χ2v) is 9.31. The minimum atomic E-state index is -0.664. The summed E-state index contributed by atoms with van der Waals surface area (Å²) in [5.74, 6) is 0.727. The Labute approximate surface area is 248 Å². The minimum absolute atomic E-state index is 0. The Kier molecular flexibility index (Phi) is 14.5. The maximum Gasteiger partial charge on any atom is 0.411 e. The molecule has 3 rings (SSSR count). The third kappa shape index (κ3) is 11.7. The Hall–Kier alpha value is -3.79. The first kappa shape index (κ1) is 33.4. The lowest BCUT2D eigenvalue weighted by atomic mass is 9.86. The summed E-state index contributed by atoms with van der Waals surface area (Å²) >= 11 is 0. The van der Waals surface area contributed by atoms with Crippen molar-refractivity contribution in [2.24, 2.45) is 0 Å². The molecule has 3 aromatic carbocycles. The number of aliphatic hydroxyl groups is 1. The van der Waals surface area contributed by atoms with Gasteiger partial charge in [0, 0.05) is 29.9 Å². The van der Waals surface area contributed by atoms with Crippen LogP contribution in [0.1, 0.15) is 44.2 Å². The summed E-state index contributed by atoms with van der Waals surface area (Å²) in [7, 11) is 0. The van der Waals surface area contributed by atoms with E-state index in [1.54, 1.807) is 13.8 Å². The van der Waals surface area contributed by atoms with Crippen LogP contribution in [0, 0.1) is 0 Å². The van der Waals surface area contributed by atoms with Gasteiger partial charge in [0.25, 0.3) is 0 Å². The van der Waals surface area contributed by atoms with Gasteiger partial charge in [-0.3, -0.25) is 10.6 Å². The fourth-order valence-electron chi connectivity index (χ4n) is 4.17. The van der Waals surface area contributed by atoms with Gasteiger partial charge in [-0.2, -0.15) is 0 Å². The molecule has 0 heterocycles. The monoisotopic (exact) mass is 585 g/mol. The fourth-order valence-corrected chi connectivity index (χ4v) is 4.17. The van der Waals surface area contributed by atoms with Crippen LogP contribution in [0.4, 0.5) is 21.0 Å². The van der Waals surface area contributed by atoms with E-state index in [1.807, 2.05) is 78.9 Å². The summed E-state index contributed by atoms with van der Waals surface area (Å²) in [5.41, 5.74) is 3.40. The Morgan fingerprint density at radius 3 is 1.73 bits per heavy atom. The van der Waals surface area contributed by atoms with Crippen LogP contribution in [0.5, 0.6) is 5.75 Å². The lowest BCUT2D eigenvalue weighted by molar-refractivity contribution is 0.103. The van der Waals surface area contributed by atoms with Gasteiger partial charge in [0.15, 0.2) is 0 Å². The first-order chi connectivity index (χ1) is 19.4. The predicted molar refractivity (Wildman–Crippen MR) is 163 cm³/mol. The first-order valence-corrected chi connectivity index (χ1v) is 13.5. The molecule has 4 N–H and O–H groups in total. The molecule has 41 heavy (non-hydrogen) atoms. The smallest absolute Gasteiger partial charge is 0.411 e. The predicted octanol–water partition coefficient (Wildman–Crippen LogP) is 6.19. The van der Waals surface area contributed by atoms with Gasteiger partial charge in [0.05, 0.1) is 13.2 Å². The molecule has 0 saturated carbocycles. The standard InChI is InChI=1S/C31H39N3O6.ClH/c1-4-38-30(36)33-25-15-11-23(12-16-25)29(24-13-17-26(18-14-24)34-31(37)39-5-2)19-22(3)32-20-27(35)21-40-28-9-7-6-8-10-28;/h6-18,22,27,29,32,35H,4-5,19-21H2,1-3H3,(H,33,36)(H,34,37);1H/t22?,27-;/m0./s1. The van der Waals surface area contributed by atoms with Gasteiger partial charge in [-0.05, 0) is 74.7 Å². The van der Waals surface area contributed by atoms with Gasteiger partial charge in [-0.1, -0.05) is 42.5 Å². The van der Waals surface area contributed by atoms with E-state index in [0.717, 1.165) is 23.3 Å². The fraction of sp³-hybridized carbons (Fsp3) is 0.355. The number of carbonyl (C=O) groups is 2. The highest BCUT2D eigenvalue weighted by molar-refractivity contribution is 5.85. The van der Waals surface area contributed by atoms with Crippen LogP contribution in [-0.2, 0) is 9.47 Å². The Morgan fingerprint density at radius 2 is 1.27 bits per heavy atom. The third-order valence-corrected chi connectivity index (χ3v) is 6.15. The number of halogens is 1. The molecule has 0 spiro atoms. The highest BCUT2D eigenvalue weighted by Crippen LogP contribution is 2.31. The maximum absolute atomic E-state index is 11.8. The number of anilines is 2. The van der Waals surface area contributed by atoms with Crippen LogP contribution >= 0.6 is 12.4 Å². The maximum atomic E-state index is 11.8. The van der Waals surface area contributed by atoms with E-state index < -0.39 is 18.3 Å². The number of aliphatic hydroxyl groups excluding tert-OH is 1. The van der Waals surface area contributed by atoms with Crippen molar-refractivity contribution >= 4 is 36.0 Å². The number of hydrogen-bond acceptors (Lipinski definition) is 7. The van der Waals surface area contributed by atoms with E-state index in [9.17, 15) is 14.7 Å². The zero-order chi connectivity index (χ0) is 28.7. The third-order valence-electron chi connectivity index (χ3n) is 6.15. The molecule has 0 fully saturated rings. The molecule has 2 amide bonds. The zero-order valence-electron chi connectivity index (χ0n) is 23.7. The number of para-hydroxylation sites is 1. The lowest BCUT2D eigenvalue weighted by Crippen LogP contribution is -2.37. The molecule has 222 valence electrons. The Balaban J connectivity index is 0.00000588. The van der Waals surface area contributed by atoms with Gasteiger partial charge in [0.1, 0.15) is 18.5 Å². The first-order valence-electron chi connectivity index (χ1n) is 13.5. The number of nitrogens with one attached hydrogen (secondary N) is 3. The van der Waals surface area contributed by atoms with Gasteiger partial charge >= 0.3 is 12.2 Å². The number of amides is 2. The molecule has 0 aliphatic rings. The second-order valence-electron chi connectivity index (χ2n) is 9.31. The highest BCUT2D eigenvalue weighted by atomic mass is 35.5. The molecular weight excluding hydrogens is 546 g/mol. The topological polar surface area (TPSA) is 118 Å². The van der Waals surface area contributed by atoms with Gasteiger partial charge in [0.2, 0.25) is 0 Å². The molecule has 0 radical (unpaired) electrons. The SMILES string of the molecule is CCOC(=O)Nc1ccc(C(CC(C)NC[C@H](O)COc2ccccc2)c2ccc(NC(=O)OCC)cc2)cc1.Cl. The molecule has 9 nitrogen and oxygen atoms in total. The summed E-state index contributed by atoms with van der Waals surface area (Å²) < 4.78 is 15.6. The average Bonchev–Trinajstić information content (AvgIpc) is 2.95. The van der Waals surface area contributed by atoms with Gasteiger partial charge in [-0.25, -0.2) is 9.59 Å². The van der Waals surface area contributed by atoms with Crippen molar-refractivity contribution in [1.29, 1.82) is 0 Å². The summed E-state index contributed by atoms with van der Waals surface area (Å²) in [5, 5.41) is 19.3. The summed E-state index contributed by atoms with van der Waals surface area (Å²) in [6.07, 6.45) is -0.919. The molecule has 10 heteroatoms. The average molecular weight is 586 g/mol. The largest absolute Gasteiger partial charge is 0.491 e. The number of rotatable bonds is 14. The van der Waals surface area contributed by atoms with E-state index in [-0.39, 0.29) is 31.0 Å². The summed E-state index contributed by atoms with van der Waals surface area (Å²) in [4.78, 5) is 23.6. The molecule has 0 aromatic heterocycles. The van der Waals surface area contributed by atoms with Crippen LogP contribution in [0.3, 0.4) is 0 Å². The lowest BCUT2D eigenvalue weighted by Gasteiger charge is -2.24. The van der Waals surface area contributed by atoms with E-state index in [1.165, 1.54) is 0 Å². The van der Waals surface area contributed by atoms with Crippen molar-refractivity contribution in [3.8, 4) is 5.75 Å².